The van der Waals surface area contributed by atoms with Crippen LogP contribution in [-0.2, 0) is 6.54 Å². The van der Waals surface area contributed by atoms with Crippen molar-refractivity contribution in [1.82, 2.24) is 4.57 Å². The summed E-state index contributed by atoms with van der Waals surface area (Å²) in [7, 11) is 0. The number of thiophene rings is 1. The highest BCUT2D eigenvalue weighted by molar-refractivity contribution is 7.17. The number of pyridine rings is 1. The summed E-state index contributed by atoms with van der Waals surface area (Å²) in [5.41, 5.74) is -0.125. The Hall–Kier alpha value is -2.18. The highest BCUT2D eigenvalue weighted by Gasteiger charge is 2.10. The number of aromatic nitrogens is 1. The molecule has 2 heterocycles. The number of fused-ring (bicyclic) bond motifs is 1. The van der Waals surface area contributed by atoms with Crippen molar-refractivity contribution in [1.29, 1.82) is 0 Å². The monoisotopic (exact) mass is 319 g/mol. The van der Waals surface area contributed by atoms with Crippen LogP contribution in [0.4, 0.5) is 4.39 Å². The second kappa shape index (κ2) is 6.29. The van der Waals surface area contributed by atoms with Crippen LogP contribution in [0, 0.1) is 5.82 Å². The van der Waals surface area contributed by atoms with Crippen LogP contribution in [0.5, 0.6) is 5.75 Å². The molecule has 114 valence electrons. The molecule has 3 rings (SSSR count). The first-order valence-corrected chi connectivity index (χ1v) is 7.64. The maximum absolute atomic E-state index is 12.8. The number of hydrogen-bond donors (Lipinski definition) is 1. The fourth-order valence-electron chi connectivity index (χ4n) is 2.15. The molecule has 3 aromatic rings. The van der Waals surface area contributed by atoms with Gasteiger partial charge in [-0.05, 0) is 41.8 Å². The third-order valence-corrected chi connectivity index (χ3v) is 4.14. The van der Waals surface area contributed by atoms with E-state index >= 15 is 0 Å². The van der Waals surface area contributed by atoms with E-state index in [0.29, 0.717) is 11.1 Å². The molecular weight excluding hydrogens is 305 g/mol. The minimum absolute atomic E-state index is 0.0275. The van der Waals surface area contributed by atoms with Gasteiger partial charge in [-0.3, -0.25) is 4.79 Å². The van der Waals surface area contributed by atoms with E-state index in [9.17, 15) is 14.3 Å². The quantitative estimate of drug-likeness (QED) is 0.786. The minimum atomic E-state index is -0.834. The number of nitrogens with zero attached hydrogens (tertiary/aromatic N) is 1. The molecule has 0 radical (unpaired) electrons. The number of benzene rings is 1. The average Bonchev–Trinajstić information content (AvgIpc) is 2.99. The maximum Gasteiger partial charge on any atom is 0.259 e. The molecule has 4 nitrogen and oxygen atoms in total. The molecule has 0 amide bonds. The molecule has 2 aromatic heterocycles. The molecule has 0 saturated carbocycles. The van der Waals surface area contributed by atoms with E-state index in [2.05, 4.69) is 0 Å². The van der Waals surface area contributed by atoms with Crippen LogP contribution >= 0.6 is 11.3 Å². The molecule has 1 unspecified atom stereocenters. The van der Waals surface area contributed by atoms with Gasteiger partial charge in [0, 0.05) is 10.9 Å². The molecule has 0 aliphatic rings. The Bertz CT molecular complexity index is 825. The molecule has 0 saturated heterocycles. The number of halogens is 1. The van der Waals surface area contributed by atoms with Crippen molar-refractivity contribution in [2.45, 2.75) is 12.6 Å². The molecular formula is C16H14FNO3S. The molecule has 1 N–H and O–H groups in total. The lowest BCUT2D eigenvalue weighted by Gasteiger charge is -2.14. The highest BCUT2D eigenvalue weighted by atomic mass is 32.1. The van der Waals surface area contributed by atoms with Gasteiger partial charge in [0.1, 0.15) is 24.3 Å². The molecule has 22 heavy (non-hydrogen) atoms. The number of aliphatic hydroxyl groups excluding tert-OH is 1. The van der Waals surface area contributed by atoms with E-state index < -0.39 is 6.10 Å². The molecule has 0 aliphatic heterocycles. The standard InChI is InChI=1S/C16H14FNO3S/c17-11-1-3-13(4-2-11)21-10-12(19)9-18-7-5-15-14(16(18)20)6-8-22-15/h1-8,12,19H,9-10H2. The third-order valence-electron chi connectivity index (χ3n) is 3.26. The van der Waals surface area contributed by atoms with Crippen molar-refractivity contribution >= 4 is 21.4 Å². The van der Waals surface area contributed by atoms with Crippen LogP contribution in [0.15, 0.2) is 52.8 Å². The van der Waals surface area contributed by atoms with Crippen molar-refractivity contribution in [3.05, 3.63) is 64.1 Å². The zero-order valence-electron chi connectivity index (χ0n) is 11.6. The number of aliphatic hydroxyl groups is 1. The average molecular weight is 319 g/mol. The minimum Gasteiger partial charge on any atom is -0.491 e. The second-order valence-corrected chi connectivity index (χ2v) is 5.84. The van der Waals surface area contributed by atoms with Gasteiger partial charge >= 0.3 is 0 Å². The van der Waals surface area contributed by atoms with Crippen LogP contribution in [0.2, 0.25) is 0 Å². The van der Waals surface area contributed by atoms with E-state index in [0.717, 1.165) is 4.70 Å². The molecule has 6 heteroatoms. The normalized spacial score (nSPS) is 12.5. The van der Waals surface area contributed by atoms with Crippen molar-refractivity contribution in [3.63, 3.8) is 0 Å². The van der Waals surface area contributed by atoms with Crippen LogP contribution in [0.3, 0.4) is 0 Å². The highest BCUT2D eigenvalue weighted by Crippen LogP contribution is 2.16. The lowest BCUT2D eigenvalue weighted by molar-refractivity contribution is 0.0917. The zero-order chi connectivity index (χ0) is 15.5. The maximum atomic E-state index is 12.8. The van der Waals surface area contributed by atoms with Gasteiger partial charge in [0.15, 0.2) is 0 Å². The lowest BCUT2D eigenvalue weighted by Crippen LogP contribution is -2.29. The predicted molar refractivity (Wildman–Crippen MR) is 84.0 cm³/mol. The fourth-order valence-corrected chi connectivity index (χ4v) is 2.93. The van der Waals surface area contributed by atoms with Gasteiger partial charge in [0.2, 0.25) is 0 Å². The van der Waals surface area contributed by atoms with Crippen molar-refractivity contribution in [2.75, 3.05) is 6.61 Å². The van der Waals surface area contributed by atoms with Crippen LogP contribution in [0.25, 0.3) is 10.1 Å². The largest absolute Gasteiger partial charge is 0.491 e. The fraction of sp³-hybridized carbons (Fsp3) is 0.188. The molecule has 0 spiro atoms. The Balaban J connectivity index is 1.65. The molecule has 0 bridgehead atoms. The summed E-state index contributed by atoms with van der Waals surface area (Å²) in [6.45, 7) is 0.172. The van der Waals surface area contributed by atoms with E-state index in [-0.39, 0.29) is 24.5 Å². The number of rotatable bonds is 5. The summed E-state index contributed by atoms with van der Waals surface area (Å²) >= 11 is 1.51. The van der Waals surface area contributed by atoms with Crippen molar-refractivity contribution < 1.29 is 14.2 Å². The molecule has 1 aromatic carbocycles. The molecule has 0 fully saturated rings. The number of ether oxygens (including phenoxy) is 1. The van der Waals surface area contributed by atoms with Gasteiger partial charge in [-0.2, -0.15) is 0 Å². The van der Waals surface area contributed by atoms with Crippen molar-refractivity contribution in [2.24, 2.45) is 0 Å². The number of hydrogen-bond acceptors (Lipinski definition) is 4. The van der Waals surface area contributed by atoms with Gasteiger partial charge in [-0.25, -0.2) is 4.39 Å². The summed E-state index contributed by atoms with van der Waals surface area (Å²) in [5, 5.41) is 12.5. The molecule has 1 atom stereocenters. The first-order valence-electron chi connectivity index (χ1n) is 6.76. The van der Waals surface area contributed by atoms with Gasteiger partial charge in [-0.1, -0.05) is 0 Å². The summed E-state index contributed by atoms with van der Waals surface area (Å²) < 4.78 is 20.5. The third kappa shape index (κ3) is 3.18. The first kappa shape index (κ1) is 14.7. The Morgan fingerprint density at radius 3 is 2.77 bits per heavy atom. The summed E-state index contributed by atoms with van der Waals surface area (Å²) in [5.74, 6) is 0.129. The Morgan fingerprint density at radius 1 is 1.23 bits per heavy atom. The van der Waals surface area contributed by atoms with E-state index in [4.69, 9.17) is 4.74 Å². The van der Waals surface area contributed by atoms with E-state index in [1.54, 1.807) is 12.3 Å². The smallest absolute Gasteiger partial charge is 0.259 e. The molecule has 0 aliphatic carbocycles. The van der Waals surface area contributed by atoms with Gasteiger partial charge < -0.3 is 14.4 Å². The second-order valence-electron chi connectivity index (χ2n) is 4.89. The predicted octanol–water partition coefficient (Wildman–Crippen LogP) is 2.64. The first-order chi connectivity index (χ1) is 10.6. The Morgan fingerprint density at radius 2 is 2.00 bits per heavy atom. The topological polar surface area (TPSA) is 51.5 Å². The van der Waals surface area contributed by atoms with Gasteiger partial charge in [0.25, 0.3) is 5.56 Å². The Kier molecular flexibility index (Phi) is 4.22. The summed E-state index contributed by atoms with van der Waals surface area (Å²) in [6.07, 6.45) is 0.835. The van der Waals surface area contributed by atoms with E-state index in [1.807, 2.05) is 11.4 Å². The Labute approximate surface area is 130 Å². The van der Waals surface area contributed by atoms with Crippen LogP contribution in [-0.4, -0.2) is 22.4 Å². The van der Waals surface area contributed by atoms with Crippen LogP contribution < -0.4 is 10.3 Å². The SMILES string of the molecule is O=c1c2ccsc2ccn1CC(O)COc1ccc(F)cc1. The van der Waals surface area contributed by atoms with E-state index in [1.165, 1.54) is 40.2 Å². The lowest BCUT2D eigenvalue weighted by atomic mass is 10.3. The zero-order valence-corrected chi connectivity index (χ0v) is 12.4. The summed E-state index contributed by atoms with van der Waals surface area (Å²) in [4.78, 5) is 12.2. The van der Waals surface area contributed by atoms with Gasteiger partial charge in [0.05, 0.1) is 11.9 Å². The van der Waals surface area contributed by atoms with Crippen molar-refractivity contribution in [3.8, 4) is 5.75 Å². The van der Waals surface area contributed by atoms with Gasteiger partial charge in [-0.15, -0.1) is 11.3 Å². The van der Waals surface area contributed by atoms with Crippen LogP contribution in [0.1, 0.15) is 0 Å². The summed E-state index contributed by atoms with van der Waals surface area (Å²) in [6, 6.07) is 9.19.